The van der Waals surface area contributed by atoms with Gasteiger partial charge in [0, 0.05) is 14.6 Å². The minimum Gasteiger partial charge on any atom is -0.325 e. The van der Waals surface area contributed by atoms with Gasteiger partial charge in [-0.05, 0) is 49.4 Å². The fraction of sp³-hybridized carbons (Fsp3) is 0.133. The SMILES string of the molecule is C[C@@H](NS(=O)(=O)c1ccc(Br)cc1)C(=O)Nc1cccc(Br)c1. The van der Waals surface area contributed by atoms with Crippen LogP contribution in [-0.2, 0) is 14.8 Å². The summed E-state index contributed by atoms with van der Waals surface area (Å²) in [5.41, 5.74) is 0.582. The number of carbonyl (C=O) groups excluding carboxylic acids is 1. The zero-order valence-corrected chi connectivity index (χ0v) is 16.1. The summed E-state index contributed by atoms with van der Waals surface area (Å²) in [5, 5.41) is 2.66. The molecule has 0 unspecified atom stereocenters. The van der Waals surface area contributed by atoms with E-state index < -0.39 is 22.0 Å². The molecule has 0 spiro atoms. The molecule has 122 valence electrons. The topological polar surface area (TPSA) is 75.3 Å². The maximum absolute atomic E-state index is 12.3. The Morgan fingerprint density at radius 1 is 1.04 bits per heavy atom. The molecular weight excluding hydrogens is 448 g/mol. The van der Waals surface area contributed by atoms with Gasteiger partial charge in [0.2, 0.25) is 15.9 Å². The van der Waals surface area contributed by atoms with Gasteiger partial charge < -0.3 is 5.32 Å². The van der Waals surface area contributed by atoms with Crippen LogP contribution in [0.5, 0.6) is 0 Å². The van der Waals surface area contributed by atoms with Crippen LogP contribution in [0.2, 0.25) is 0 Å². The van der Waals surface area contributed by atoms with Crippen molar-refractivity contribution in [1.29, 1.82) is 0 Å². The van der Waals surface area contributed by atoms with E-state index in [0.29, 0.717) is 5.69 Å². The number of rotatable bonds is 5. The van der Waals surface area contributed by atoms with Crippen LogP contribution < -0.4 is 10.0 Å². The highest BCUT2D eigenvalue weighted by Crippen LogP contribution is 2.17. The number of anilines is 1. The molecule has 8 heteroatoms. The molecule has 2 N–H and O–H groups in total. The second-order valence-corrected chi connectivity index (χ2v) is 8.34. The van der Waals surface area contributed by atoms with Crippen molar-refractivity contribution in [2.45, 2.75) is 17.9 Å². The maximum atomic E-state index is 12.3. The summed E-state index contributed by atoms with van der Waals surface area (Å²) in [6.07, 6.45) is 0. The average molecular weight is 462 g/mol. The normalized spacial score (nSPS) is 12.7. The number of benzene rings is 2. The molecule has 0 fully saturated rings. The highest BCUT2D eigenvalue weighted by atomic mass is 79.9. The van der Waals surface area contributed by atoms with Crippen molar-refractivity contribution in [3.63, 3.8) is 0 Å². The Bertz CT molecular complexity index is 808. The van der Waals surface area contributed by atoms with Crippen molar-refractivity contribution in [2.24, 2.45) is 0 Å². The van der Waals surface area contributed by atoms with Gasteiger partial charge in [-0.25, -0.2) is 8.42 Å². The molecule has 0 radical (unpaired) electrons. The summed E-state index contributed by atoms with van der Waals surface area (Å²) < 4.78 is 28.5. The standard InChI is InChI=1S/C15H14Br2N2O3S/c1-10(15(20)18-13-4-2-3-12(17)9-13)19-23(21,22)14-7-5-11(16)6-8-14/h2-10,19H,1H3,(H,18,20)/t10-/m1/s1. The van der Waals surface area contributed by atoms with E-state index in [9.17, 15) is 13.2 Å². The highest BCUT2D eigenvalue weighted by molar-refractivity contribution is 9.10. The van der Waals surface area contributed by atoms with Gasteiger partial charge in [0.15, 0.2) is 0 Å². The first-order chi connectivity index (χ1) is 10.8. The molecule has 0 saturated carbocycles. The van der Waals surface area contributed by atoms with E-state index in [1.165, 1.54) is 19.1 Å². The lowest BCUT2D eigenvalue weighted by molar-refractivity contribution is -0.117. The van der Waals surface area contributed by atoms with Crippen LogP contribution in [-0.4, -0.2) is 20.4 Å². The molecule has 2 aromatic rings. The Morgan fingerprint density at radius 3 is 2.30 bits per heavy atom. The number of carbonyl (C=O) groups is 1. The third kappa shape index (κ3) is 5.13. The highest BCUT2D eigenvalue weighted by Gasteiger charge is 2.22. The summed E-state index contributed by atoms with van der Waals surface area (Å²) >= 11 is 6.55. The van der Waals surface area contributed by atoms with Crippen molar-refractivity contribution in [1.82, 2.24) is 4.72 Å². The van der Waals surface area contributed by atoms with Crippen LogP contribution in [0.25, 0.3) is 0 Å². The van der Waals surface area contributed by atoms with Gasteiger partial charge in [0.25, 0.3) is 0 Å². The van der Waals surface area contributed by atoms with E-state index in [1.807, 2.05) is 6.07 Å². The second kappa shape index (κ2) is 7.57. The minimum atomic E-state index is -3.76. The van der Waals surface area contributed by atoms with Crippen LogP contribution in [0, 0.1) is 0 Å². The van der Waals surface area contributed by atoms with E-state index in [-0.39, 0.29) is 4.90 Å². The molecule has 2 rings (SSSR count). The summed E-state index contributed by atoms with van der Waals surface area (Å²) in [7, 11) is -3.76. The number of nitrogens with one attached hydrogen (secondary N) is 2. The van der Waals surface area contributed by atoms with Gasteiger partial charge in [-0.15, -0.1) is 0 Å². The summed E-state index contributed by atoms with van der Waals surface area (Å²) in [6, 6.07) is 12.3. The molecule has 0 bridgehead atoms. The number of sulfonamides is 1. The molecule has 0 saturated heterocycles. The lowest BCUT2D eigenvalue weighted by Gasteiger charge is -2.14. The number of hydrogen-bond acceptors (Lipinski definition) is 3. The first kappa shape index (κ1) is 18.1. The molecule has 2 aromatic carbocycles. The molecular formula is C15H14Br2N2O3S. The largest absolute Gasteiger partial charge is 0.325 e. The monoisotopic (exact) mass is 460 g/mol. The summed E-state index contributed by atoms with van der Waals surface area (Å²) in [6.45, 7) is 1.49. The molecule has 0 aliphatic rings. The Hall–Kier alpha value is -1.22. The first-order valence-corrected chi connectivity index (χ1v) is 9.69. The van der Waals surface area contributed by atoms with Gasteiger partial charge in [0.1, 0.15) is 0 Å². The van der Waals surface area contributed by atoms with Crippen LogP contribution in [0.4, 0.5) is 5.69 Å². The fourth-order valence-electron chi connectivity index (χ4n) is 1.78. The molecule has 0 heterocycles. The number of amides is 1. The van der Waals surface area contributed by atoms with E-state index in [0.717, 1.165) is 8.95 Å². The molecule has 0 aromatic heterocycles. The third-order valence-electron chi connectivity index (χ3n) is 2.94. The van der Waals surface area contributed by atoms with Gasteiger partial charge in [-0.2, -0.15) is 4.72 Å². The van der Waals surface area contributed by atoms with Gasteiger partial charge >= 0.3 is 0 Å². The Labute approximate surface area is 151 Å². The van der Waals surface area contributed by atoms with E-state index in [4.69, 9.17) is 0 Å². The minimum absolute atomic E-state index is 0.0998. The van der Waals surface area contributed by atoms with Crippen molar-refractivity contribution in [2.75, 3.05) is 5.32 Å². The van der Waals surface area contributed by atoms with Crippen LogP contribution in [0.1, 0.15) is 6.92 Å². The van der Waals surface area contributed by atoms with Crippen LogP contribution in [0.15, 0.2) is 62.4 Å². The molecule has 1 atom stereocenters. The average Bonchev–Trinajstić information content (AvgIpc) is 2.47. The van der Waals surface area contributed by atoms with Crippen molar-refractivity contribution in [3.05, 3.63) is 57.5 Å². The predicted molar refractivity (Wildman–Crippen MR) is 96.7 cm³/mol. The van der Waals surface area contributed by atoms with Crippen LogP contribution in [0.3, 0.4) is 0 Å². The predicted octanol–water partition coefficient (Wildman–Crippen LogP) is 3.52. The zero-order chi connectivity index (χ0) is 17.0. The first-order valence-electron chi connectivity index (χ1n) is 6.62. The lowest BCUT2D eigenvalue weighted by Crippen LogP contribution is -2.41. The zero-order valence-electron chi connectivity index (χ0n) is 12.1. The van der Waals surface area contributed by atoms with E-state index in [2.05, 4.69) is 41.9 Å². The molecule has 1 amide bonds. The molecule has 5 nitrogen and oxygen atoms in total. The van der Waals surface area contributed by atoms with Gasteiger partial charge in [-0.1, -0.05) is 37.9 Å². The van der Waals surface area contributed by atoms with E-state index in [1.54, 1.807) is 30.3 Å². The summed E-state index contributed by atoms with van der Waals surface area (Å²) in [4.78, 5) is 12.2. The number of hydrogen-bond donors (Lipinski definition) is 2. The van der Waals surface area contributed by atoms with Gasteiger partial charge in [0.05, 0.1) is 10.9 Å². The van der Waals surface area contributed by atoms with Gasteiger partial charge in [-0.3, -0.25) is 4.79 Å². The third-order valence-corrected chi connectivity index (χ3v) is 5.52. The Morgan fingerprint density at radius 2 is 1.70 bits per heavy atom. The lowest BCUT2D eigenvalue weighted by atomic mass is 10.3. The van der Waals surface area contributed by atoms with Crippen LogP contribution >= 0.6 is 31.9 Å². The van der Waals surface area contributed by atoms with Crippen molar-refractivity contribution >= 4 is 53.5 Å². The Kier molecular flexibility index (Phi) is 5.96. The quantitative estimate of drug-likeness (QED) is 0.715. The van der Waals surface area contributed by atoms with E-state index >= 15 is 0 Å². The van der Waals surface area contributed by atoms with Crippen molar-refractivity contribution in [3.8, 4) is 0 Å². The summed E-state index contributed by atoms with van der Waals surface area (Å²) in [5.74, 6) is -0.441. The fourth-order valence-corrected chi connectivity index (χ4v) is 3.65. The smallest absolute Gasteiger partial charge is 0.242 e. The molecule has 0 aliphatic heterocycles. The molecule has 23 heavy (non-hydrogen) atoms. The Balaban J connectivity index is 2.06. The van der Waals surface area contributed by atoms with Crippen molar-refractivity contribution < 1.29 is 13.2 Å². The maximum Gasteiger partial charge on any atom is 0.242 e. The second-order valence-electron chi connectivity index (χ2n) is 4.80. The molecule has 0 aliphatic carbocycles. The number of halogens is 2.